The van der Waals surface area contributed by atoms with Crippen molar-refractivity contribution in [2.45, 2.75) is 38.7 Å². The summed E-state index contributed by atoms with van der Waals surface area (Å²) in [5.74, 6) is 1.13. The smallest absolute Gasteiger partial charge is 0.410 e. The van der Waals surface area contributed by atoms with E-state index >= 15 is 0 Å². The molecule has 1 aliphatic heterocycles. The average molecular weight is 253 g/mol. The number of amides is 1. The Hall–Kier alpha value is -1.79. The van der Waals surface area contributed by atoms with Crippen molar-refractivity contribution >= 4 is 12.0 Å². The van der Waals surface area contributed by atoms with Gasteiger partial charge >= 0.3 is 6.09 Å². The van der Waals surface area contributed by atoms with Crippen LogP contribution in [-0.2, 0) is 4.74 Å². The molecule has 7 nitrogen and oxygen atoms in total. The minimum atomic E-state index is -0.466. The van der Waals surface area contributed by atoms with Gasteiger partial charge in [-0.15, -0.1) is 5.10 Å². The van der Waals surface area contributed by atoms with Crippen molar-refractivity contribution in [3.8, 4) is 0 Å². The average Bonchev–Trinajstić information content (AvgIpc) is 2.82. The second kappa shape index (κ2) is 4.47. The monoisotopic (exact) mass is 253 g/mol. The highest BCUT2D eigenvalue weighted by atomic mass is 16.6. The lowest BCUT2D eigenvalue weighted by Crippen LogP contribution is -2.35. The molecule has 1 fully saturated rings. The van der Waals surface area contributed by atoms with Gasteiger partial charge in [0.1, 0.15) is 11.4 Å². The SMILES string of the molecule is CC(C)(C)OC(=O)N1CCC(c2nc(N)n[nH]2)C1. The lowest BCUT2D eigenvalue weighted by molar-refractivity contribution is 0.0292. The second-order valence-electron chi connectivity index (χ2n) is 5.49. The third-order valence-electron chi connectivity index (χ3n) is 2.75. The van der Waals surface area contributed by atoms with Gasteiger partial charge in [0.15, 0.2) is 0 Å². The molecule has 1 aromatic heterocycles. The number of aromatic nitrogens is 3. The highest BCUT2D eigenvalue weighted by molar-refractivity contribution is 5.68. The number of rotatable bonds is 1. The van der Waals surface area contributed by atoms with Crippen LogP contribution in [0.2, 0.25) is 0 Å². The summed E-state index contributed by atoms with van der Waals surface area (Å²) in [4.78, 5) is 17.7. The zero-order valence-electron chi connectivity index (χ0n) is 10.9. The first-order valence-electron chi connectivity index (χ1n) is 6.01. The molecule has 1 amide bonds. The van der Waals surface area contributed by atoms with Crippen molar-refractivity contribution < 1.29 is 9.53 Å². The van der Waals surface area contributed by atoms with Crippen LogP contribution in [0, 0.1) is 0 Å². The zero-order valence-corrected chi connectivity index (χ0v) is 10.9. The number of hydrogen-bond acceptors (Lipinski definition) is 5. The van der Waals surface area contributed by atoms with E-state index in [1.165, 1.54) is 0 Å². The number of nitrogens with one attached hydrogen (secondary N) is 1. The van der Waals surface area contributed by atoms with Gasteiger partial charge in [-0.2, -0.15) is 4.98 Å². The second-order valence-corrected chi connectivity index (χ2v) is 5.49. The number of likely N-dealkylation sites (tertiary alicyclic amines) is 1. The lowest BCUT2D eigenvalue weighted by atomic mass is 10.1. The van der Waals surface area contributed by atoms with Crippen molar-refractivity contribution in [3.63, 3.8) is 0 Å². The van der Waals surface area contributed by atoms with Gasteiger partial charge in [0.25, 0.3) is 0 Å². The highest BCUT2D eigenvalue weighted by Gasteiger charge is 2.32. The van der Waals surface area contributed by atoms with Gasteiger partial charge in [-0.3, -0.25) is 5.10 Å². The number of ether oxygens (including phenoxy) is 1. The molecular weight excluding hydrogens is 234 g/mol. The maximum atomic E-state index is 11.9. The molecule has 1 aliphatic rings. The van der Waals surface area contributed by atoms with E-state index in [0.29, 0.717) is 13.1 Å². The van der Waals surface area contributed by atoms with Crippen LogP contribution in [0.3, 0.4) is 0 Å². The van der Waals surface area contributed by atoms with Gasteiger partial charge in [-0.05, 0) is 27.2 Å². The summed E-state index contributed by atoms with van der Waals surface area (Å²) < 4.78 is 5.33. The third kappa shape index (κ3) is 2.91. The molecule has 1 saturated heterocycles. The van der Waals surface area contributed by atoms with Gasteiger partial charge in [0.2, 0.25) is 5.95 Å². The van der Waals surface area contributed by atoms with E-state index in [-0.39, 0.29) is 18.0 Å². The van der Waals surface area contributed by atoms with Crippen molar-refractivity contribution in [1.82, 2.24) is 20.1 Å². The number of anilines is 1. The molecular formula is C11H19N5O2. The first-order chi connectivity index (χ1) is 8.35. The van der Waals surface area contributed by atoms with E-state index in [9.17, 15) is 4.79 Å². The van der Waals surface area contributed by atoms with Gasteiger partial charge in [0.05, 0.1) is 0 Å². The quantitative estimate of drug-likeness (QED) is 0.781. The van der Waals surface area contributed by atoms with Crippen LogP contribution in [-0.4, -0.2) is 44.9 Å². The Labute approximate surface area is 106 Å². The van der Waals surface area contributed by atoms with Crippen LogP contribution in [0.5, 0.6) is 0 Å². The maximum Gasteiger partial charge on any atom is 0.410 e. The van der Waals surface area contributed by atoms with Crippen LogP contribution in [0.25, 0.3) is 0 Å². The largest absolute Gasteiger partial charge is 0.444 e. The van der Waals surface area contributed by atoms with Crippen LogP contribution in [0.15, 0.2) is 0 Å². The Morgan fingerprint density at radius 2 is 2.28 bits per heavy atom. The Bertz CT molecular complexity index is 437. The lowest BCUT2D eigenvalue weighted by Gasteiger charge is -2.24. The molecule has 0 saturated carbocycles. The third-order valence-corrected chi connectivity index (χ3v) is 2.75. The van der Waals surface area contributed by atoms with Crippen molar-refractivity contribution in [2.75, 3.05) is 18.8 Å². The van der Waals surface area contributed by atoms with Crippen molar-refractivity contribution in [3.05, 3.63) is 5.82 Å². The number of H-pyrrole nitrogens is 1. The van der Waals surface area contributed by atoms with Crippen molar-refractivity contribution in [1.29, 1.82) is 0 Å². The molecule has 0 aromatic carbocycles. The molecule has 0 spiro atoms. The van der Waals surface area contributed by atoms with E-state index in [1.807, 2.05) is 20.8 Å². The zero-order chi connectivity index (χ0) is 13.3. The van der Waals surface area contributed by atoms with Gasteiger partial charge in [0, 0.05) is 19.0 Å². The number of hydrogen-bond donors (Lipinski definition) is 2. The molecule has 1 unspecified atom stereocenters. The first kappa shape index (κ1) is 12.7. The number of nitrogen functional groups attached to an aromatic ring is 1. The molecule has 2 heterocycles. The summed E-state index contributed by atoms with van der Waals surface area (Å²) in [5, 5.41) is 6.59. The fourth-order valence-corrected chi connectivity index (χ4v) is 1.95. The molecule has 0 bridgehead atoms. The fraction of sp³-hybridized carbons (Fsp3) is 0.727. The van der Waals surface area contributed by atoms with E-state index < -0.39 is 5.60 Å². The number of carbonyl (C=O) groups is 1. The Balaban J connectivity index is 1.94. The molecule has 1 aromatic rings. The van der Waals surface area contributed by atoms with Crippen LogP contribution < -0.4 is 5.73 Å². The van der Waals surface area contributed by atoms with E-state index in [1.54, 1.807) is 4.90 Å². The number of aromatic amines is 1. The van der Waals surface area contributed by atoms with Gasteiger partial charge in [-0.25, -0.2) is 4.79 Å². The highest BCUT2D eigenvalue weighted by Crippen LogP contribution is 2.26. The standard InChI is InChI=1S/C11H19N5O2/c1-11(2,3)18-10(17)16-5-4-7(6-16)8-13-9(12)15-14-8/h7H,4-6H2,1-3H3,(H3,12,13,14,15). The van der Waals surface area contributed by atoms with E-state index in [2.05, 4.69) is 15.2 Å². The molecule has 7 heteroatoms. The number of carbonyl (C=O) groups excluding carboxylic acids is 1. The molecule has 1 atom stereocenters. The van der Waals surface area contributed by atoms with Crippen LogP contribution in [0.4, 0.5) is 10.7 Å². The number of nitrogens with two attached hydrogens (primary N) is 1. The van der Waals surface area contributed by atoms with E-state index in [4.69, 9.17) is 10.5 Å². The van der Waals surface area contributed by atoms with E-state index in [0.717, 1.165) is 12.2 Å². The predicted molar refractivity (Wildman–Crippen MR) is 66.0 cm³/mol. The Kier molecular flexibility index (Phi) is 3.14. The first-order valence-corrected chi connectivity index (χ1v) is 6.01. The minimum Gasteiger partial charge on any atom is -0.444 e. The summed E-state index contributed by atoms with van der Waals surface area (Å²) in [6.45, 7) is 6.82. The molecule has 3 N–H and O–H groups in total. The number of nitrogens with zero attached hydrogens (tertiary/aromatic N) is 3. The minimum absolute atomic E-state index is 0.155. The molecule has 2 rings (SSSR count). The van der Waals surface area contributed by atoms with Crippen LogP contribution in [0.1, 0.15) is 38.9 Å². The van der Waals surface area contributed by atoms with Gasteiger partial charge in [-0.1, -0.05) is 0 Å². The molecule has 0 radical (unpaired) electrons. The predicted octanol–water partition coefficient (Wildman–Crippen LogP) is 1.11. The molecule has 0 aliphatic carbocycles. The summed E-state index contributed by atoms with van der Waals surface area (Å²) in [7, 11) is 0. The Morgan fingerprint density at radius 1 is 1.56 bits per heavy atom. The normalized spacial score (nSPS) is 20.2. The topological polar surface area (TPSA) is 97.1 Å². The van der Waals surface area contributed by atoms with Crippen LogP contribution >= 0.6 is 0 Å². The summed E-state index contributed by atoms with van der Waals surface area (Å²) >= 11 is 0. The summed E-state index contributed by atoms with van der Waals surface area (Å²) in [6.07, 6.45) is 0.561. The summed E-state index contributed by atoms with van der Waals surface area (Å²) in [5.41, 5.74) is 5.00. The fourth-order valence-electron chi connectivity index (χ4n) is 1.95. The molecule has 100 valence electrons. The molecule has 18 heavy (non-hydrogen) atoms. The van der Waals surface area contributed by atoms with Gasteiger partial charge < -0.3 is 15.4 Å². The summed E-state index contributed by atoms with van der Waals surface area (Å²) in [6, 6.07) is 0. The Morgan fingerprint density at radius 3 is 2.83 bits per heavy atom. The maximum absolute atomic E-state index is 11.9. The van der Waals surface area contributed by atoms with Crippen molar-refractivity contribution in [2.24, 2.45) is 0 Å².